The van der Waals surface area contributed by atoms with Crippen LogP contribution in [-0.4, -0.2) is 42.3 Å². The molecule has 106 valence electrons. The minimum Gasteiger partial charge on any atom is -0.375 e. The zero-order valence-electron chi connectivity index (χ0n) is 12.5. The molecule has 18 heavy (non-hydrogen) atoms. The van der Waals surface area contributed by atoms with E-state index in [-0.39, 0.29) is 11.1 Å². The van der Waals surface area contributed by atoms with Gasteiger partial charge in [0.05, 0.1) is 5.60 Å². The van der Waals surface area contributed by atoms with Crippen LogP contribution in [0.2, 0.25) is 0 Å². The lowest BCUT2D eigenvalue weighted by atomic mass is 9.77. The number of nitrogens with zero attached hydrogens (tertiary/aromatic N) is 1. The second-order valence-corrected chi connectivity index (χ2v) is 7.15. The van der Waals surface area contributed by atoms with Gasteiger partial charge in [-0.15, -0.1) is 0 Å². The van der Waals surface area contributed by atoms with Gasteiger partial charge in [0.15, 0.2) is 0 Å². The topological polar surface area (TPSA) is 38.5 Å². The van der Waals surface area contributed by atoms with Crippen molar-refractivity contribution in [3.05, 3.63) is 0 Å². The highest BCUT2D eigenvalue weighted by Crippen LogP contribution is 2.38. The molecule has 2 heterocycles. The van der Waals surface area contributed by atoms with Crippen LogP contribution in [0.15, 0.2) is 0 Å². The normalized spacial score (nSPS) is 41.8. The Morgan fingerprint density at radius 1 is 1.28 bits per heavy atom. The van der Waals surface area contributed by atoms with Crippen molar-refractivity contribution in [2.75, 3.05) is 26.2 Å². The van der Waals surface area contributed by atoms with E-state index in [1.807, 2.05) is 0 Å². The van der Waals surface area contributed by atoms with E-state index in [1.54, 1.807) is 0 Å². The van der Waals surface area contributed by atoms with Gasteiger partial charge in [-0.25, -0.2) is 0 Å². The molecule has 3 nitrogen and oxygen atoms in total. The average Bonchev–Trinajstić information content (AvgIpc) is 2.31. The van der Waals surface area contributed by atoms with Gasteiger partial charge in [0, 0.05) is 25.2 Å². The fraction of sp³-hybridized carbons (Fsp3) is 1.00. The smallest absolute Gasteiger partial charge is 0.0644 e. The zero-order valence-corrected chi connectivity index (χ0v) is 12.5. The summed E-state index contributed by atoms with van der Waals surface area (Å²) in [6.07, 6.45) is 3.47. The number of likely N-dealkylation sites (tertiary alicyclic amines) is 1. The number of hydrogen-bond acceptors (Lipinski definition) is 3. The maximum atomic E-state index is 6.17. The van der Waals surface area contributed by atoms with Gasteiger partial charge >= 0.3 is 0 Å². The van der Waals surface area contributed by atoms with Crippen molar-refractivity contribution in [2.45, 2.75) is 58.1 Å². The van der Waals surface area contributed by atoms with Crippen LogP contribution >= 0.6 is 0 Å². The Morgan fingerprint density at radius 3 is 2.56 bits per heavy atom. The maximum absolute atomic E-state index is 6.17. The zero-order chi connectivity index (χ0) is 13.4. The Hall–Kier alpha value is -0.120. The van der Waals surface area contributed by atoms with Crippen molar-refractivity contribution in [3.8, 4) is 0 Å². The summed E-state index contributed by atoms with van der Waals surface area (Å²) in [5.41, 5.74) is 6.33. The summed E-state index contributed by atoms with van der Waals surface area (Å²) in [6, 6.07) is 0. The molecule has 2 aliphatic heterocycles. The predicted molar refractivity (Wildman–Crippen MR) is 75.6 cm³/mol. The van der Waals surface area contributed by atoms with Gasteiger partial charge in [-0.05, 0) is 51.5 Å². The van der Waals surface area contributed by atoms with Gasteiger partial charge in [-0.3, -0.25) is 4.90 Å². The van der Waals surface area contributed by atoms with E-state index in [1.165, 1.54) is 19.5 Å². The highest BCUT2D eigenvalue weighted by atomic mass is 16.5. The number of nitrogens with two attached hydrogens (primary N) is 1. The Morgan fingerprint density at radius 2 is 2.00 bits per heavy atom. The summed E-state index contributed by atoms with van der Waals surface area (Å²) < 4.78 is 5.88. The van der Waals surface area contributed by atoms with E-state index in [9.17, 15) is 0 Å². The standard InChI is InChI=1S/C15H30N2O/c1-12-5-7-17(9-13(12)2)15(11-16)6-8-18-14(3,4)10-15/h12-13H,5-11,16H2,1-4H3. The molecule has 0 radical (unpaired) electrons. The molecule has 0 bridgehead atoms. The molecule has 2 fully saturated rings. The molecule has 3 unspecified atom stereocenters. The molecule has 2 N–H and O–H groups in total. The summed E-state index contributed by atoms with van der Waals surface area (Å²) in [7, 11) is 0. The van der Waals surface area contributed by atoms with Crippen molar-refractivity contribution in [3.63, 3.8) is 0 Å². The summed E-state index contributed by atoms with van der Waals surface area (Å²) in [5.74, 6) is 1.64. The van der Waals surface area contributed by atoms with Crippen molar-refractivity contribution < 1.29 is 4.74 Å². The minimum absolute atomic E-state index is 0.0239. The van der Waals surface area contributed by atoms with E-state index in [2.05, 4.69) is 32.6 Å². The van der Waals surface area contributed by atoms with Crippen LogP contribution in [0.25, 0.3) is 0 Å². The third-order valence-electron chi connectivity index (χ3n) is 5.20. The molecule has 0 aromatic heterocycles. The molecule has 3 atom stereocenters. The largest absolute Gasteiger partial charge is 0.375 e. The Balaban J connectivity index is 2.12. The lowest BCUT2D eigenvalue weighted by Crippen LogP contribution is -2.63. The molecule has 2 rings (SSSR count). The van der Waals surface area contributed by atoms with E-state index in [0.717, 1.165) is 37.8 Å². The first kappa shape index (κ1) is 14.3. The molecule has 2 aliphatic rings. The fourth-order valence-electron chi connectivity index (χ4n) is 3.72. The third kappa shape index (κ3) is 2.73. The quantitative estimate of drug-likeness (QED) is 0.821. The van der Waals surface area contributed by atoms with Crippen LogP contribution in [-0.2, 0) is 4.74 Å². The lowest BCUT2D eigenvalue weighted by Gasteiger charge is -2.53. The summed E-state index contributed by atoms with van der Waals surface area (Å²) in [4.78, 5) is 2.67. The molecular weight excluding hydrogens is 224 g/mol. The maximum Gasteiger partial charge on any atom is 0.0644 e. The van der Waals surface area contributed by atoms with Crippen molar-refractivity contribution in [1.82, 2.24) is 4.90 Å². The summed E-state index contributed by atoms with van der Waals surface area (Å²) >= 11 is 0. The van der Waals surface area contributed by atoms with Gasteiger partial charge in [0.2, 0.25) is 0 Å². The summed E-state index contributed by atoms with van der Waals surface area (Å²) in [6.45, 7) is 13.2. The van der Waals surface area contributed by atoms with E-state index in [0.29, 0.717) is 0 Å². The molecule has 0 aliphatic carbocycles. The van der Waals surface area contributed by atoms with Crippen LogP contribution in [0.1, 0.15) is 47.0 Å². The van der Waals surface area contributed by atoms with Crippen LogP contribution in [0.4, 0.5) is 0 Å². The number of hydrogen-bond donors (Lipinski definition) is 1. The SMILES string of the molecule is CC1CCN(C2(CN)CCOC(C)(C)C2)CC1C. The molecule has 3 heteroatoms. The minimum atomic E-state index is -0.0239. The van der Waals surface area contributed by atoms with Gasteiger partial charge in [-0.1, -0.05) is 13.8 Å². The van der Waals surface area contributed by atoms with E-state index in [4.69, 9.17) is 10.5 Å². The van der Waals surface area contributed by atoms with Crippen LogP contribution in [0, 0.1) is 11.8 Å². The van der Waals surface area contributed by atoms with Gasteiger partial charge in [0.1, 0.15) is 0 Å². The van der Waals surface area contributed by atoms with Gasteiger partial charge < -0.3 is 10.5 Å². The monoisotopic (exact) mass is 254 g/mol. The molecule has 0 saturated carbocycles. The summed E-state index contributed by atoms with van der Waals surface area (Å²) in [5, 5.41) is 0. The first-order valence-electron chi connectivity index (χ1n) is 7.48. The van der Waals surface area contributed by atoms with Crippen LogP contribution in [0.5, 0.6) is 0 Å². The Labute approximate surface area is 112 Å². The molecule has 2 saturated heterocycles. The van der Waals surface area contributed by atoms with E-state index < -0.39 is 0 Å². The highest BCUT2D eigenvalue weighted by Gasteiger charge is 2.45. The second kappa shape index (κ2) is 5.10. The highest BCUT2D eigenvalue weighted by molar-refractivity contribution is 5.01. The van der Waals surface area contributed by atoms with Crippen molar-refractivity contribution in [1.29, 1.82) is 0 Å². The van der Waals surface area contributed by atoms with E-state index >= 15 is 0 Å². The second-order valence-electron chi connectivity index (χ2n) is 7.15. The first-order valence-corrected chi connectivity index (χ1v) is 7.48. The van der Waals surface area contributed by atoms with Crippen LogP contribution in [0.3, 0.4) is 0 Å². The molecule has 0 amide bonds. The van der Waals surface area contributed by atoms with Gasteiger partial charge in [0.25, 0.3) is 0 Å². The molecule has 0 aromatic carbocycles. The first-order chi connectivity index (χ1) is 8.38. The number of ether oxygens (including phenoxy) is 1. The van der Waals surface area contributed by atoms with Crippen LogP contribution < -0.4 is 5.73 Å². The van der Waals surface area contributed by atoms with Gasteiger partial charge in [-0.2, -0.15) is 0 Å². The average molecular weight is 254 g/mol. The van der Waals surface area contributed by atoms with Crippen molar-refractivity contribution >= 4 is 0 Å². The Bertz CT molecular complexity index is 292. The number of rotatable bonds is 2. The fourth-order valence-corrected chi connectivity index (χ4v) is 3.72. The van der Waals surface area contributed by atoms with Crippen molar-refractivity contribution in [2.24, 2.45) is 17.6 Å². The number of piperidine rings is 1. The Kier molecular flexibility index (Phi) is 4.05. The molecule has 0 spiro atoms. The predicted octanol–water partition coefficient (Wildman–Crippen LogP) is 2.25. The third-order valence-corrected chi connectivity index (χ3v) is 5.20. The molecular formula is C15H30N2O. The lowest BCUT2D eigenvalue weighted by molar-refractivity contribution is -0.126. The molecule has 0 aromatic rings.